The fraction of sp³-hybridized carbons (Fsp3) is 0.190. The van der Waals surface area contributed by atoms with Crippen molar-refractivity contribution in [3.8, 4) is 11.4 Å². The number of nitrogens with zero attached hydrogens (tertiary/aromatic N) is 2. The van der Waals surface area contributed by atoms with E-state index < -0.39 is 11.7 Å². The van der Waals surface area contributed by atoms with Crippen molar-refractivity contribution in [2.75, 3.05) is 0 Å². The van der Waals surface area contributed by atoms with Crippen molar-refractivity contribution in [1.29, 1.82) is 0 Å². The van der Waals surface area contributed by atoms with Crippen molar-refractivity contribution in [1.82, 2.24) is 14.8 Å². The summed E-state index contributed by atoms with van der Waals surface area (Å²) in [5.74, 6) is 0. The van der Waals surface area contributed by atoms with E-state index in [1.807, 2.05) is 51.1 Å². The van der Waals surface area contributed by atoms with Crippen LogP contribution < -0.4 is 0 Å². The largest absolute Gasteiger partial charge is 0.443 e. The summed E-state index contributed by atoms with van der Waals surface area (Å²) in [4.78, 5) is 24.1. The molecule has 27 heavy (non-hydrogen) atoms. The van der Waals surface area contributed by atoms with Crippen molar-refractivity contribution in [2.45, 2.75) is 26.4 Å². The van der Waals surface area contributed by atoms with Crippen molar-refractivity contribution in [3.63, 3.8) is 0 Å². The molecular weight excluding hydrogens is 342 g/mol. The fourth-order valence-corrected chi connectivity index (χ4v) is 3.14. The summed E-state index contributed by atoms with van der Waals surface area (Å²) < 4.78 is 7.13. The van der Waals surface area contributed by atoms with Crippen molar-refractivity contribution < 1.29 is 14.3 Å². The van der Waals surface area contributed by atoms with Gasteiger partial charge in [0.15, 0.2) is 0 Å². The monoisotopic (exact) mass is 361 g/mol. The normalized spacial score (nSPS) is 11.8. The van der Waals surface area contributed by atoms with E-state index in [9.17, 15) is 9.59 Å². The van der Waals surface area contributed by atoms with Gasteiger partial charge in [0.2, 0.25) is 0 Å². The van der Waals surface area contributed by atoms with E-state index in [0.29, 0.717) is 22.5 Å². The molecule has 2 aromatic heterocycles. The molecule has 0 aliphatic carbocycles. The molecule has 0 saturated carbocycles. The number of ether oxygens (including phenoxy) is 1. The zero-order chi connectivity index (χ0) is 19.2. The number of H-pyrrole nitrogens is 1. The first-order chi connectivity index (χ1) is 12.9. The number of rotatable bonds is 2. The lowest BCUT2D eigenvalue weighted by Gasteiger charge is -2.20. The van der Waals surface area contributed by atoms with Crippen LogP contribution in [0, 0.1) is 0 Å². The van der Waals surface area contributed by atoms with Gasteiger partial charge in [0.05, 0.1) is 16.7 Å². The third kappa shape index (κ3) is 2.99. The average molecular weight is 361 g/mol. The summed E-state index contributed by atoms with van der Waals surface area (Å²) in [7, 11) is 0. The Morgan fingerprint density at radius 3 is 2.67 bits per heavy atom. The van der Waals surface area contributed by atoms with Crippen LogP contribution in [0.15, 0.2) is 48.5 Å². The summed E-state index contributed by atoms with van der Waals surface area (Å²) in [6, 6.07) is 14.8. The Bertz CT molecular complexity index is 1180. The standard InChI is InChI=1S/C21H19N3O3/c1-21(2,3)27-20(26)24-17-9-8-13(12-25)10-14(17)11-18(24)19-15-6-4-5-7-16(15)22-23-19/h4-12H,1-3H3,(H,22,23). The van der Waals surface area contributed by atoms with Gasteiger partial charge in [-0.15, -0.1) is 0 Å². The van der Waals surface area contributed by atoms with Crippen LogP contribution in [0.2, 0.25) is 0 Å². The second kappa shape index (κ2) is 6.09. The molecule has 0 unspecified atom stereocenters. The number of aromatic nitrogens is 3. The molecule has 0 spiro atoms. The van der Waals surface area contributed by atoms with Crippen LogP contribution in [0.4, 0.5) is 4.79 Å². The second-order valence-corrected chi connectivity index (χ2v) is 7.40. The Hall–Kier alpha value is -3.41. The van der Waals surface area contributed by atoms with Crippen LogP contribution in [0.3, 0.4) is 0 Å². The molecule has 4 aromatic rings. The number of fused-ring (bicyclic) bond motifs is 2. The lowest BCUT2D eigenvalue weighted by Crippen LogP contribution is -2.27. The van der Waals surface area contributed by atoms with Crippen LogP contribution in [0.5, 0.6) is 0 Å². The molecule has 2 aromatic carbocycles. The van der Waals surface area contributed by atoms with E-state index in [2.05, 4.69) is 10.2 Å². The maximum absolute atomic E-state index is 13.0. The number of aromatic amines is 1. The molecule has 6 heteroatoms. The molecule has 0 atom stereocenters. The predicted octanol–water partition coefficient (Wildman–Crippen LogP) is 4.78. The van der Waals surface area contributed by atoms with E-state index in [0.717, 1.165) is 22.6 Å². The number of hydrogen-bond acceptors (Lipinski definition) is 4. The quantitative estimate of drug-likeness (QED) is 0.521. The molecule has 4 rings (SSSR count). The summed E-state index contributed by atoms with van der Waals surface area (Å²) in [6.07, 6.45) is 0.298. The zero-order valence-electron chi connectivity index (χ0n) is 15.3. The third-order valence-electron chi connectivity index (χ3n) is 4.25. The Kier molecular flexibility index (Phi) is 3.84. The molecule has 0 saturated heterocycles. The number of aldehydes is 1. The molecular formula is C21H19N3O3. The fourth-order valence-electron chi connectivity index (χ4n) is 3.14. The van der Waals surface area contributed by atoms with Gasteiger partial charge in [-0.3, -0.25) is 9.89 Å². The van der Waals surface area contributed by atoms with Gasteiger partial charge in [0, 0.05) is 16.3 Å². The highest BCUT2D eigenvalue weighted by Gasteiger charge is 2.24. The number of para-hydroxylation sites is 1. The van der Waals surface area contributed by atoms with Gasteiger partial charge in [-0.05, 0) is 51.1 Å². The first kappa shape index (κ1) is 17.0. The van der Waals surface area contributed by atoms with Gasteiger partial charge >= 0.3 is 6.09 Å². The number of nitrogens with one attached hydrogen (secondary N) is 1. The van der Waals surface area contributed by atoms with Gasteiger partial charge in [-0.1, -0.05) is 18.2 Å². The van der Waals surface area contributed by atoms with Gasteiger partial charge in [-0.2, -0.15) is 5.10 Å². The highest BCUT2D eigenvalue weighted by molar-refractivity contribution is 6.02. The predicted molar refractivity (Wildman–Crippen MR) is 104 cm³/mol. The maximum atomic E-state index is 13.0. The molecule has 2 heterocycles. The first-order valence-corrected chi connectivity index (χ1v) is 8.65. The lowest BCUT2D eigenvalue weighted by molar-refractivity contribution is 0.0547. The molecule has 0 fully saturated rings. The minimum atomic E-state index is -0.638. The van der Waals surface area contributed by atoms with E-state index >= 15 is 0 Å². The van der Waals surface area contributed by atoms with E-state index in [-0.39, 0.29) is 0 Å². The summed E-state index contributed by atoms with van der Waals surface area (Å²) in [5, 5.41) is 9.09. The Morgan fingerprint density at radius 1 is 1.15 bits per heavy atom. The van der Waals surface area contributed by atoms with Crippen LogP contribution in [-0.4, -0.2) is 32.7 Å². The summed E-state index contributed by atoms with van der Waals surface area (Å²) in [6.45, 7) is 5.47. The summed E-state index contributed by atoms with van der Waals surface area (Å²) in [5.41, 5.74) is 2.71. The number of benzene rings is 2. The molecule has 0 bridgehead atoms. The minimum Gasteiger partial charge on any atom is -0.443 e. The van der Waals surface area contributed by atoms with E-state index in [1.165, 1.54) is 4.57 Å². The average Bonchev–Trinajstić information content (AvgIpc) is 3.20. The number of carbonyl (C=O) groups is 2. The molecule has 0 aliphatic heterocycles. The Labute approximate surface area is 155 Å². The zero-order valence-corrected chi connectivity index (χ0v) is 15.3. The number of carbonyl (C=O) groups excluding carboxylic acids is 2. The lowest BCUT2D eigenvalue weighted by atomic mass is 10.1. The van der Waals surface area contributed by atoms with Gasteiger partial charge in [0.25, 0.3) is 0 Å². The Morgan fingerprint density at radius 2 is 1.93 bits per heavy atom. The Balaban J connectivity index is 1.99. The summed E-state index contributed by atoms with van der Waals surface area (Å²) >= 11 is 0. The van der Waals surface area contributed by atoms with Gasteiger partial charge in [0.1, 0.15) is 17.6 Å². The van der Waals surface area contributed by atoms with Crippen LogP contribution in [-0.2, 0) is 4.74 Å². The first-order valence-electron chi connectivity index (χ1n) is 8.65. The molecule has 0 amide bonds. The van der Waals surface area contributed by atoms with Gasteiger partial charge in [-0.25, -0.2) is 9.36 Å². The second-order valence-electron chi connectivity index (χ2n) is 7.40. The SMILES string of the molecule is CC(C)(C)OC(=O)n1c(-c2n[nH]c3ccccc23)cc2cc(C=O)ccc21. The molecule has 0 radical (unpaired) electrons. The van der Waals surface area contributed by atoms with E-state index in [4.69, 9.17) is 4.74 Å². The maximum Gasteiger partial charge on any atom is 0.419 e. The van der Waals surface area contributed by atoms with E-state index in [1.54, 1.807) is 18.2 Å². The van der Waals surface area contributed by atoms with Crippen LogP contribution in [0.1, 0.15) is 31.1 Å². The molecule has 6 nitrogen and oxygen atoms in total. The minimum absolute atomic E-state index is 0.488. The van der Waals surface area contributed by atoms with Crippen molar-refractivity contribution >= 4 is 34.2 Å². The topological polar surface area (TPSA) is 77.0 Å². The highest BCUT2D eigenvalue weighted by Crippen LogP contribution is 2.32. The van der Waals surface area contributed by atoms with Crippen LogP contribution in [0.25, 0.3) is 33.2 Å². The molecule has 1 N–H and O–H groups in total. The van der Waals surface area contributed by atoms with Gasteiger partial charge < -0.3 is 4.74 Å². The molecule has 136 valence electrons. The number of hydrogen-bond donors (Lipinski definition) is 1. The highest BCUT2D eigenvalue weighted by atomic mass is 16.6. The van der Waals surface area contributed by atoms with Crippen LogP contribution >= 0.6 is 0 Å². The van der Waals surface area contributed by atoms with Crippen molar-refractivity contribution in [2.24, 2.45) is 0 Å². The molecule has 0 aliphatic rings. The third-order valence-corrected chi connectivity index (χ3v) is 4.25. The van der Waals surface area contributed by atoms with Crippen molar-refractivity contribution in [3.05, 3.63) is 54.1 Å². The smallest absolute Gasteiger partial charge is 0.419 e.